The van der Waals surface area contributed by atoms with E-state index in [9.17, 15) is 4.79 Å². The Hall–Kier alpha value is -3.01. The van der Waals surface area contributed by atoms with Gasteiger partial charge in [-0.2, -0.15) is 0 Å². The summed E-state index contributed by atoms with van der Waals surface area (Å²) in [5, 5.41) is 0. The Kier molecular flexibility index (Phi) is 5.76. The summed E-state index contributed by atoms with van der Waals surface area (Å²) in [5.74, 6) is 1.27. The second kappa shape index (κ2) is 8.79. The van der Waals surface area contributed by atoms with Crippen molar-refractivity contribution in [3.63, 3.8) is 0 Å². The van der Waals surface area contributed by atoms with E-state index in [0.717, 1.165) is 49.4 Å². The Morgan fingerprint density at radius 2 is 1.75 bits per heavy atom. The Labute approximate surface area is 166 Å². The van der Waals surface area contributed by atoms with E-state index >= 15 is 0 Å². The van der Waals surface area contributed by atoms with Crippen LogP contribution in [-0.2, 0) is 11.2 Å². The lowest BCUT2D eigenvalue weighted by Crippen LogP contribution is -2.39. The molecule has 1 saturated heterocycles. The van der Waals surface area contributed by atoms with Crippen molar-refractivity contribution < 1.29 is 4.79 Å². The number of piperidine rings is 1. The van der Waals surface area contributed by atoms with Gasteiger partial charge in [-0.1, -0.05) is 60.7 Å². The van der Waals surface area contributed by atoms with Crippen LogP contribution in [-0.4, -0.2) is 33.9 Å². The van der Waals surface area contributed by atoms with Crippen LogP contribution in [0.3, 0.4) is 0 Å². The number of carbonyl (C=O) groups is 1. The van der Waals surface area contributed by atoms with E-state index in [1.165, 1.54) is 5.56 Å². The molecule has 0 spiro atoms. The first-order valence-corrected chi connectivity index (χ1v) is 9.99. The third-order valence-corrected chi connectivity index (χ3v) is 5.37. The van der Waals surface area contributed by atoms with E-state index in [1.807, 2.05) is 65.7 Å². The zero-order valence-corrected chi connectivity index (χ0v) is 16.0. The normalized spacial score (nSPS) is 16.7. The quantitative estimate of drug-likeness (QED) is 0.664. The van der Waals surface area contributed by atoms with Gasteiger partial charge in [-0.25, -0.2) is 9.97 Å². The molecule has 1 atom stereocenters. The van der Waals surface area contributed by atoms with Gasteiger partial charge in [-0.05, 0) is 30.9 Å². The van der Waals surface area contributed by atoms with E-state index in [-0.39, 0.29) is 11.8 Å². The zero-order valence-electron chi connectivity index (χ0n) is 16.0. The van der Waals surface area contributed by atoms with Crippen LogP contribution >= 0.6 is 0 Å². The molecular formula is C24H25N3O. The lowest BCUT2D eigenvalue weighted by molar-refractivity contribution is -0.132. The number of rotatable bonds is 5. The number of carbonyl (C=O) groups excluding carboxylic acids is 1. The molecule has 4 nitrogen and oxygen atoms in total. The average Bonchev–Trinajstić information content (AvgIpc) is 2.79. The van der Waals surface area contributed by atoms with E-state index in [4.69, 9.17) is 4.98 Å². The number of likely N-dealkylation sites (tertiary alicyclic amines) is 1. The summed E-state index contributed by atoms with van der Waals surface area (Å²) < 4.78 is 0. The largest absolute Gasteiger partial charge is 0.342 e. The highest BCUT2D eigenvalue weighted by Crippen LogP contribution is 2.27. The summed E-state index contributed by atoms with van der Waals surface area (Å²) in [7, 11) is 0. The Morgan fingerprint density at radius 3 is 2.54 bits per heavy atom. The Balaban J connectivity index is 1.42. The number of amides is 1. The number of hydrogen-bond donors (Lipinski definition) is 0. The molecule has 1 aliphatic rings. The van der Waals surface area contributed by atoms with Gasteiger partial charge in [0.2, 0.25) is 5.91 Å². The number of benzene rings is 2. The van der Waals surface area contributed by atoms with Crippen molar-refractivity contribution in [2.45, 2.75) is 31.6 Å². The molecule has 3 aromatic rings. The fraction of sp³-hybridized carbons (Fsp3) is 0.292. The van der Waals surface area contributed by atoms with Gasteiger partial charge >= 0.3 is 0 Å². The van der Waals surface area contributed by atoms with Crippen molar-refractivity contribution in [2.24, 2.45) is 0 Å². The molecule has 0 saturated carbocycles. The molecule has 2 heterocycles. The number of nitrogens with zero attached hydrogens (tertiary/aromatic N) is 3. The van der Waals surface area contributed by atoms with Gasteiger partial charge in [0.15, 0.2) is 5.82 Å². The monoisotopic (exact) mass is 371 g/mol. The Bertz CT molecular complexity index is 911. The summed E-state index contributed by atoms with van der Waals surface area (Å²) in [5.41, 5.74) is 3.28. The standard InChI is InChI=1S/C24H25N3O/c28-23(14-13-19-8-3-1-4-9-19)27-17-7-12-21(18-27)22-15-16-25-24(26-22)20-10-5-2-6-11-20/h1-6,8-11,15-16,21H,7,12-14,17-18H2/t21-/m1/s1. The van der Waals surface area contributed by atoms with Crippen molar-refractivity contribution >= 4 is 5.91 Å². The predicted octanol–water partition coefficient (Wildman–Crippen LogP) is 4.48. The summed E-state index contributed by atoms with van der Waals surface area (Å²) in [6, 6.07) is 22.3. The maximum atomic E-state index is 12.7. The van der Waals surface area contributed by atoms with Gasteiger partial charge < -0.3 is 4.90 Å². The highest BCUT2D eigenvalue weighted by Gasteiger charge is 2.25. The van der Waals surface area contributed by atoms with Crippen molar-refractivity contribution in [1.29, 1.82) is 0 Å². The van der Waals surface area contributed by atoms with Gasteiger partial charge in [0, 0.05) is 42.9 Å². The summed E-state index contributed by atoms with van der Waals surface area (Å²) in [6.45, 7) is 1.60. The van der Waals surface area contributed by atoms with Gasteiger partial charge in [-0.15, -0.1) is 0 Å². The third kappa shape index (κ3) is 4.45. The molecule has 2 aromatic carbocycles. The number of aryl methyl sites for hydroxylation is 1. The third-order valence-electron chi connectivity index (χ3n) is 5.37. The molecule has 1 aromatic heterocycles. The van der Waals surface area contributed by atoms with Gasteiger partial charge in [0.25, 0.3) is 0 Å². The molecular weight excluding hydrogens is 346 g/mol. The number of hydrogen-bond acceptors (Lipinski definition) is 3. The molecule has 0 aliphatic carbocycles. The first kappa shape index (κ1) is 18.4. The molecule has 142 valence electrons. The average molecular weight is 371 g/mol. The van der Waals surface area contributed by atoms with Crippen LogP contribution in [0.2, 0.25) is 0 Å². The minimum atomic E-state index is 0.242. The van der Waals surface area contributed by atoms with Gasteiger partial charge in [0.05, 0.1) is 0 Å². The minimum Gasteiger partial charge on any atom is -0.342 e. The maximum Gasteiger partial charge on any atom is 0.222 e. The van der Waals surface area contributed by atoms with E-state index in [1.54, 1.807) is 0 Å². The first-order valence-electron chi connectivity index (χ1n) is 9.99. The number of aromatic nitrogens is 2. The van der Waals surface area contributed by atoms with Crippen molar-refractivity contribution in [3.05, 3.63) is 84.2 Å². The zero-order chi connectivity index (χ0) is 19.2. The van der Waals surface area contributed by atoms with E-state index < -0.39 is 0 Å². The first-order chi connectivity index (χ1) is 13.8. The summed E-state index contributed by atoms with van der Waals surface area (Å²) in [4.78, 5) is 24.0. The molecule has 0 N–H and O–H groups in total. The lowest BCUT2D eigenvalue weighted by atomic mass is 9.94. The van der Waals surface area contributed by atoms with Crippen LogP contribution < -0.4 is 0 Å². The summed E-state index contributed by atoms with van der Waals surface area (Å²) >= 11 is 0. The van der Waals surface area contributed by atoms with Gasteiger partial charge in [-0.3, -0.25) is 4.79 Å². The van der Waals surface area contributed by atoms with Crippen LogP contribution in [0, 0.1) is 0 Å². The molecule has 28 heavy (non-hydrogen) atoms. The highest BCUT2D eigenvalue weighted by molar-refractivity contribution is 5.76. The smallest absolute Gasteiger partial charge is 0.222 e. The van der Waals surface area contributed by atoms with Crippen molar-refractivity contribution in [3.8, 4) is 11.4 Å². The SMILES string of the molecule is O=C(CCc1ccccc1)N1CCC[C@@H](c2ccnc(-c3ccccc3)n2)C1. The molecule has 0 bridgehead atoms. The van der Waals surface area contributed by atoms with Gasteiger partial charge in [0.1, 0.15) is 0 Å². The fourth-order valence-corrected chi connectivity index (χ4v) is 3.83. The minimum absolute atomic E-state index is 0.242. The van der Waals surface area contributed by atoms with E-state index in [0.29, 0.717) is 6.42 Å². The van der Waals surface area contributed by atoms with Crippen molar-refractivity contribution in [1.82, 2.24) is 14.9 Å². The Morgan fingerprint density at radius 1 is 1.00 bits per heavy atom. The molecule has 4 rings (SSSR count). The lowest BCUT2D eigenvalue weighted by Gasteiger charge is -2.32. The van der Waals surface area contributed by atoms with Crippen LogP contribution in [0.15, 0.2) is 72.9 Å². The predicted molar refractivity (Wildman–Crippen MR) is 111 cm³/mol. The second-order valence-corrected chi connectivity index (χ2v) is 7.34. The molecule has 1 amide bonds. The van der Waals surface area contributed by atoms with E-state index in [2.05, 4.69) is 17.1 Å². The van der Waals surface area contributed by atoms with Crippen LogP contribution in [0.1, 0.15) is 36.4 Å². The second-order valence-electron chi connectivity index (χ2n) is 7.34. The van der Waals surface area contributed by atoms with Crippen molar-refractivity contribution in [2.75, 3.05) is 13.1 Å². The van der Waals surface area contributed by atoms with Crippen LogP contribution in [0.5, 0.6) is 0 Å². The highest BCUT2D eigenvalue weighted by atomic mass is 16.2. The molecule has 1 fully saturated rings. The van der Waals surface area contributed by atoms with Crippen LogP contribution in [0.4, 0.5) is 0 Å². The summed E-state index contributed by atoms with van der Waals surface area (Å²) in [6.07, 6.45) is 5.28. The molecule has 0 unspecified atom stereocenters. The topological polar surface area (TPSA) is 46.1 Å². The fourth-order valence-electron chi connectivity index (χ4n) is 3.83. The molecule has 1 aliphatic heterocycles. The van der Waals surface area contributed by atoms with Crippen LogP contribution in [0.25, 0.3) is 11.4 Å². The molecule has 0 radical (unpaired) electrons. The maximum absolute atomic E-state index is 12.7. The molecule has 4 heteroatoms.